The van der Waals surface area contributed by atoms with E-state index in [-0.39, 0.29) is 11.7 Å². The zero-order chi connectivity index (χ0) is 13.0. The predicted molar refractivity (Wildman–Crippen MR) is 65.1 cm³/mol. The maximum atomic E-state index is 12.7. The van der Waals surface area contributed by atoms with Gasteiger partial charge in [-0.05, 0) is 23.8 Å². The lowest BCUT2D eigenvalue weighted by Crippen LogP contribution is -2.12. The highest BCUT2D eigenvalue weighted by atomic mass is 19.1. The van der Waals surface area contributed by atoms with Gasteiger partial charge in [0.25, 0.3) is 5.91 Å². The van der Waals surface area contributed by atoms with Crippen molar-refractivity contribution in [2.45, 2.75) is 0 Å². The van der Waals surface area contributed by atoms with Crippen molar-refractivity contribution in [1.29, 1.82) is 0 Å². The molecule has 0 radical (unpaired) electrons. The molecular weight excluding hydrogens is 235 g/mol. The molecule has 1 N–H and O–H groups in total. The highest BCUT2D eigenvalue weighted by molar-refractivity contribution is 6.00. The number of benzene rings is 1. The Balaban J connectivity index is 1.99. The lowest BCUT2D eigenvalue weighted by molar-refractivity contribution is -0.111. The molecule has 2 aromatic rings. The largest absolute Gasteiger partial charge is 0.291 e. The highest BCUT2D eigenvalue weighted by Crippen LogP contribution is 2.05. The van der Waals surface area contributed by atoms with E-state index in [4.69, 9.17) is 0 Å². The van der Waals surface area contributed by atoms with Gasteiger partial charge in [-0.2, -0.15) is 10.1 Å². The normalized spacial score (nSPS) is 10.8. The van der Waals surface area contributed by atoms with E-state index in [9.17, 15) is 9.18 Å². The van der Waals surface area contributed by atoms with E-state index in [1.54, 1.807) is 25.3 Å². The van der Waals surface area contributed by atoms with Crippen molar-refractivity contribution in [2.75, 3.05) is 5.32 Å². The molecule has 0 atom stereocenters. The first-order valence-electron chi connectivity index (χ1n) is 5.24. The van der Waals surface area contributed by atoms with Crippen LogP contribution in [0.4, 0.5) is 10.3 Å². The fourth-order valence-corrected chi connectivity index (χ4v) is 1.31. The molecule has 0 aliphatic heterocycles. The minimum atomic E-state index is -0.324. The molecule has 1 aromatic carbocycles. The lowest BCUT2D eigenvalue weighted by Gasteiger charge is -1.99. The van der Waals surface area contributed by atoms with Gasteiger partial charge in [-0.25, -0.2) is 9.07 Å². The van der Waals surface area contributed by atoms with Crippen LogP contribution in [0.25, 0.3) is 6.08 Å². The summed E-state index contributed by atoms with van der Waals surface area (Å²) in [5.41, 5.74) is 0.740. The van der Waals surface area contributed by atoms with Gasteiger partial charge in [0.05, 0.1) is 0 Å². The topological polar surface area (TPSA) is 59.8 Å². The number of hydrogen-bond acceptors (Lipinski definition) is 3. The van der Waals surface area contributed by atoms with Gasteiger partial charge in [-0.3, -0.25) is 10.1 Å². The average molecular weight is 246 g/mol. The van der Waals surface area contributed by atoms with E-state index in [0.717, 1.165) is 5.56 Å². The summed E-state index contributed by atoms with van der Waals surface area (Å²) in [5, 5.41) is 6.38. The van der Waals surface area contributed by atoms with Crippen molar-refractivity contribution >= 4 is 17.9 Å². The summed E-state index contributed by atoms with van der Waals surface area (Å²) in [5.74, 6) is -0.269. The van der Waals surface area contributed by atoms with Crippen LogP contribution < -0.4 is 5.32 Å². The number of carbonyl (C=O) groups is 1. The molecule has 0 bridgehead atoms. The molecular formula is C12H11FN4O. The van der Waals surface area contributed by atoms with Gasteiger partial charge in [0.1, 0.15) is 12.1 Å². The summed E-state index contributed by atoms with van der Waals surface area (Å²) in [7, 11) is 1.67. The summed E-state index contributed by atoms with van der Waals surface area (Å²) in [6.07, 6.45) is 4.28. The first kappa shape index (κ1) is 12.0. The molecule has 5 nitrogen and oxygen atoms in total. The number of carbonyl (C=O) groups excluding carboxylic acids is 1. The van der Waals surface area contributed by atoms with Crippen molar-refractivity contribution in [3.8, 4) is 0 Å². The second-order valence-corrected chi connectivity index (χ2v) is 3.58. The van der Waals surface area contributed by atoms with Gasteiger partial charge in [-0.1, -0.05) is 12.1 Å². The van der Waals surface area contributed by atoms with E-state index in [1.807, 2.05) is 0 Å². The third-order valence-electron chi connectivity index (χ3n) is 2.24. The Kier molecular flexibility index (Phi) is 3.47. The summed E-state index contributed by atoms with van der Waals surface area (Å²) >= 11 is 0. The Morgan fingerprint density at radius 3 is 2.72 bits per heavy atom. The van der Waals surface area contributed by atoms with Crippen molar-refractivity contribution < 1.29 is 9.18 Å². The Morgan fingerprint density at radius 1 is 1.39 bits per heavy atom. The first-order chi connectivity index (χ1) is 8.65. The zero-order valence-electron chi connectivity index (χ0n) is 9.67. The standard InChI is InChI=1S/C12H11FN4O/c1-17-12(14-8-15-17)16-11(18)7-4-9-2-5-10(13)6-3-9/h2-8H,1H3,(H,14,15,16,18). The molecule has 1 aromatic heterocycles. The average Bonchev–Trinajstić information content (AvgIpc) is 2.74. The Bertz CT molecular complexity index is 574. The quantitative estimate of drug-likeness (QED) is 0.837. The van der Waals surface area contributed by atoms with E-state index in [0.29, 0.717) is 5.95 Å². The zero-order valence-corrected chi connectivity index (χ0v) is 9.67. The SMILES string of the molecule is Cn1ncnc1NC(=O)C=Cc1ccc(F)cc1. The fourth-order valence-electron chi connectivity index (χ4n) is 1.31. The summed E-state index contributed by atoms with van der Waals surface area (Å²) in [4.78, 5) is 15.4. The second kappa shape index (κ2) is 5.22. The van der Waals surface area contributed by atoms with Gasteiger partial charge < -0.3 is 0 Å². The molecule has 6 heteroatoms. The van der Waals surface area contributed by atoms with Crippen molar-refractivity contribution in [1.82, 2.24) is 14.8 Å². The number of halogens is 1. The van der Waals surface area contributed by atoms with E-state index < -0.39 is 0 Å². The number of nitrogens with zero attached hydrogens (tertiary/aromatic N) is 3. The summed E-state index contributed by atoms with van der Waals surface area (Å²) in [6, 6.07) is 5.84. The molecule has 92 valence electrons. The molecule has 0 saturated heterocycles. The molecule has 0 spiro atoms. The second-order valence-electron chi connectivity index (χ2n) is 3.58. The number of aromatic nitrogens is 3. The molecule has 18 heavy (non-hydrogen) atoms. The molecule has 2 rings (SSSR count). The van der Waals surface area contributed by atoms with Crippen LogP contribution >= 0.6 is 0 Å². The van der Waals surface area contributed by atoms with Crippen LogP contribution in [0.3, 0.4) is 0 Å². The fraction of sp³-hybridized carbons (Fsp3) is 0.0833. The van der Waals surface area contributed by atoms with Crippen LogP contribution in [-0.4, -0.2) is 20.7 Å². The molecule has 0 saturated carbocycles. The lowest BCUT2D eigenvalue weighted by atomic mass is 10.2. The third-order valence-corrected chi connectivity index (χ3v) is 2.24. The van der Waals surface area contributed by atoms with Gasteiger partial charge >= 0.3 is 0 Å². The van der Waals surface area contributed by atoms with Crippen LogP contribution in [-0.2, 0) is 11.8 Å². The molecule has 0 unspecified atom stereocenters. The number of hydrogen-bond donors (Lipinski definition) is 1. The minimum Gasteiger partial charge on any atom is -0.291 e. The van der Waals surface area contributed by atoms with Crippen molar-refractivity contribution in [3.63, 3.8) is 0 Å². The van der Waals surface area contributed by atoms with Crippen LogP contribution in [0, 0.1) is 5.82 Å². The smallest absolute Gasteiger partial charge is 0.250 e. The van der Waals surface area contributed by atoms with Crippen LogP contribution in [0.2, 0.25) is 0 Å². The highest BCUT2D eigenvalue weighted by Gasteiger charge is 2.02. The maximum Gasteiger partial charge on any atom is 0.250 e. The Labute approximate surface area is 103 Å². The Hall–Kier alpha value is -2.50. The molecule has 1 heterocycles. The Morgan fingerprint density at radius 2 is 2.11 bits per heavy atom. The monoisotopic (exact) mass is 246 g/mol. The van der Waals surface area contributed by atoms with Crippen molar-refractivity contribution in [2.24, 2.45) is 7.05 Å². The van der Waals surface area contributed by atoms with Crippen LogP contribution in [0.1, 0.15) is 5.56 Å². The van der Waals surface area contributed by atoms with Gasteiger partial charge in [-0.15, -0.1) is 0 Å². The van der Waals surface area contributed by atoms with E-state index in [2.05, 4.69) is 15.4 Å². The first-order valence-corrected chi connectivity index (χ1v) is 5.24. The summed E-state index contributed by atoms with van der Waals surface area (Å²) in [6.45, 7) is 0. The number of aryl methyl sites for hydroxylation is 1. The van der Waals surface area contributed by atoms with E-state index in [1.165, 1.54) is 29.2 Å². The van der Waals surface area contributed by atoms with Crippen LogP contribution in [0.15, 0.2) is 36.7 Å². The van der Waals surface area contributed by atoms with Gasteiger partial charge in [0.2, 0.25) is 5.95 Å². The van der Waals surface area contributed by atoms with Crippen molar-refractivity contribution in [3.05, 3.63) is 48.0 Å². The summed E-state index contributed by atoms with van der Waals surface area (Å²) < 4.78 is 14.1. The number of amides is 1. The molecule has 0 aliphatic carbocycles. The number of nitrogens with one attached hydrogen (secondary N) is 1. The minimum absolute atomic E-state index is 0.310. The van der Waals surface area contributed by atoms with E-state index >= 15 is 0 Å². The molecule has 0 fully saturated rings. The van der Waals surface area contributed by atoms with Crippen LogP contribution in [0.5, 0.6) is 0 Å². The number of anilines is 1. The van der Waals surface area contributed by atoms with Gasteiger partial charge in [0, 0.05) is 13.1 Å². The molecule has 1 amide bonds. The van der Waals surface area contributed by atoms with Gasteiger partial charge in [0.15, 0.2) is 0 Å². The maximum absolute atomic E-state index is 12.7. The molecule has 0 aliphatic rings. The number of rotatable bonds is 3. The predicted octanol–water partition coefficient (Wildman–Crippen LogP) is 1.61. The third kappa shape index (κ3) is 3.00.